The summed E-state index contributed by atoms with van der Waals surface area (Å²) in [4.78, 5) is 5.12. The smallest absolute Gasteiger partial charge is 0.383 e. The Kier molecular flexibility index (Phi) is 6.04. The van der Waals surface area contributed by atoms with E-state index in [2.05, 4.69) is 10.3 Å². The van der Waals surface area contributed by atoms with Crippen LogP contribution in [0.1, 0.15) is 5.56 Å². The minimum atomic E-state index is -4.24. The largest absolute Gasteiger partial charge is 0.405 e. The van der Waals surface area contributed by atoms with Crippen LogP contribution >= 0.6 is 0 Å². The molecular formula is C12H18F3N3O. The third-order valence-electron chi connectivity index (χ3n) is 2.44. The molecule has 0 aromatic carbocycles. The summed E-state index contributed by atoms with van der Waals surface area (Å²) in [6.07, 6.45) is -2.76. The lowest BCUT2D eigenvalue weighted by Gasteiger charge is -2.22. The zero-order chi connectivity index (χ0) is 14.3. The summed E-state index contributed by atoms with van der Waals surface area (Å²) in [6.45, 7) is 0.617. The topological polar surface area (TPSA) is 37.4 Å². The van der Waals surface area contributed by atoms with E-state index in [0.29, 0.717) is 25.5 Å². The molecule has 0 aliphatic heterocycles. The van der Waals surface area contributed by atoms with Gasteiger partial charge in [-0.2, -0.15) is 13.2 Å². The van der Waals surface area contributed by atoms with Gasteiger partial charge in [-0.1, -0.05) is 6.07 Å². The molecular weight excluding hydrogens is 259 g/mol. The summed E-state index contributed by atoms with van der Waals surface area (Å²) in [5, 5.41) is 3.09. The van der Waals surface area contributed by atoms with Crippen LogP contribution in [-0.2, 0) is 11.3 Å². The molecule has 0 saturated carbocycles. The maximum atomic E-state index is 12.4. The number of ether oxygens (including phenoxy) is 1. The highest BCUT2D eigenvalue weighted by molar-refractivity contribution is 5.46. The predicted octanol–water partition coefficient (Wildman–Crippen LogP) is 1.82. The van der Waals surface area contributed by atoms with Crippen LogP contribution in [0, 0.1) is 0 Å². The maximum Gasteiger partial charge on any atom is 0.405 e. The Morgan fingerprint density at radius 3 is 2.79 bits per heavy atom. The number of alkyl halides is 3. The third kappa shape index (κ3) is 5.89. The Balaban J connectivity index is 2.66. The second kappa shape index (κ2) is 7.30. The van der Waals surface area contributed by atoms with Crippen molar-refractivity contribution < 1.29 is 17.9 Å². The fourth-order valence-electron chi connectivity index (χ4n) is 1.65. The summed E-state index contributed by atoms with van der Waals surface area (Å²) in [6, 6.07) is 3.47. The molecule has 108 valence electrons. The first kappa shape index (κ1) is 15.7. The van der Waals surface area contributed by atoms with E-state index in [9.17, 15) is 13.2 Å². The van der Waals surface area contributed by atoms with Crippen LogP contribution in [0.4, 0.5) is 19.0 Å². The summed E-state index contributed by atoms with van der Waals surface area (Å²) in [7, 11) is 2.97. The Morgan fingerprint density at radius 2 is 2.16 bits per heavy atom. The number of anilines is 1. The van der Waals surface area contributed by atoms with Gasteiger partial charge in [-0.05, 0) is 6.07 Å². The highest BCUT2D eigenvalue weighted by atomic mass is 19.4. The Hall–Kier alpha value is -1.34. The van der Waals surface area contributed by atoms with Gasteiger partial charge >= 0.3 is 6.18 Å². The molecule has 1 aromatic heterocycles. The summed E-state index contributed by atoms with van der Waals surface area (Å²) >= 11 is 0. The van der Waals surface area contributed by atoms with E-state index in [1.54, 1.807) is 19.2 Å². The zero-order valence-corrected chi connectivity index (χ0v) is 11.0. The average molecular weight is 277 g/mol. The van der Waals surface area contributed by atoms with Gasteiger partial charge in [0.2, 0.25) is 0 Å². The average Bonchev–Trinajstić information content (AvgIpc) is 2.33. The fourth-order valence-corrected chi connectivity index (χ4v) is 1.65. The quantitative estimate of drug-likeness (QED) is 0.771. The molecule has 1 N–H and O–H groups in total. The summed E-state index contributed by atoms with van der Waals surface area (Å²) in [5.74, 6) is 0.338. The number of aromatic nitrogens is 1. The van der Waals surface area contributed by atoms with Crippen molar-refractivity contribution in [3.05, 3.63) is 23.9 Å². The number of hydrogen-bond acceptors (Lipinski definition) is 4. The van der Waals surface area contributed by atoms with Crippen molar-refractivity contribution in [3.63, 3.8) is 0 Å². The van der Waals surface area contributed by atoms with Gasteiger partial charge in [0.1, 0.15) is 12.4 Å². The van der Waals surface area contributed by atoms with Crippen molar-refractivity contribution in [2.24, 2.45) is 0 Å². The van der Waals surface area contributed by atoms with Crippen LogP contribution in [0.2, 0.25) is 0 Å². The van der Waals surface area contributed by atoms with Gasteiger partial charge in [0.15, 0.2) is 0 Å². The number of methoxy groups -OCH3 is 1. The number of nitrogens with zero attached hydrogens (tertiary/aromatic N) is 2. The van der Waals surface area contributed by atoms with Gasteiger partial charge in [-0.15, -0.1) is 0 Å². The summed E-state index contributed by atoms with van der Waals surface area (Å²) in [5.41, 5.74) is 0.727. The number of hydrogen-bond donors (Lipinski definition) is 1. The number of nitrogens with one attached hydrogen (secondary N) is 1. The van der Waals surface area contributed by atoms with Crippen LogP contribution in [0.25, 0.3) is 0 Å². The zero-order valence-electron chi connectivity index (χ0n) is 11.0. The van der Waals surface area contributed by atoms with E-state index < -0.39 is 12.7 Å². The number of rotatable bonds is 7. The Labute approximate surface area is 110 Å². The minimum Gasteiger partial charge on any atom is -0.383 e. The van der Waals surface area contributed by atoms with Crippen LogP contribution in [0.5, 0.6) is 0 Å². The minimum absolute atomic E-state index is 0.338. The highest BCUT2D eigenvalue weighted by Gasteiger charge is 2.30. The Bertz CT molecular complexity index is 385. The lowest BCUT2D eigenvalue weighted by atomic mass is 10.2. The first-order chi connectivity index (χ1) is 8.94. The normalized spacial score (nSPS) is 11.6. The molecule has 0 amide bonds. The van der Waals surface area contributed by atoms with E-state index in [-0.39, 0.29) is 0 Å². The SMILES string of the molecule is COCCNCc1cccnc1N(C)CC(F)(F)F. The molecule has 4 nitrogen and oxygen atoms in total. The lowest BCUT2D eigenvalue weighted by Crippen LogP contribution is -2.32. The molecule has 1 aromatic rings. The van der Waals surface area contributed by atoms with Gasteiger partial charge in [0.25, 0.3) is 0 Å². The second-order valence-corrected chi connectivity index (χ2v) is 4.13. The van der Waals surface area contributed by atoms with E-state index in [4.69, 9.17) is 4.74 Å². The molecule has 0 unspecified atom stereocenters. The van der Waals surface area contributed by atoms with Crippen molar-refractivity contribution in [1.29, 1.82) is 0 Å². The molecule has 1 rings (SSSR count). The molecule has 1 heterocycles. The highest BCUT2D eigenvalue weighted by Crippen LogP contribution is 2.21. The molecule has 0 aliphatic rings. The first-order valence-electron chi connectivity index (χ1n) is 5.85. The molecule has 0 atom stereocenters. The monoisotopic (exact) mass is 277 g/mol. The van der Waals surface area contributed by atoms with Crippen molar-refractivity contribution in [2.45, 2.75) is 12.7 Å². The van der Waals surface area contributed by atoms with E-state index in [0.717, 1.165) is 10.5 Å². The van der Waals surface area contributed by atoms with E-state index >= 15 is 0 Å². The van der Waals surface area contributed by atoms with Gasteiger partial charge in [0, 0.05) is 39.0 Å². The van der Waals surface area contributed by atoms with Crippen LogP contribution in [-0.4, -0.2) is 45.0 Å². The number of pyridine rings is 1. The molecule has 0 aliphatic carbocycles. The van der Waals surface area contributed by atoms with Gasteiger partial charge in [-0.25, -0.2) is 4.98 Å². The van der Waals surface area contributed by atoms with E-state index in [1.165, 1.54) is 13.2 Å². The van der Waals surface area contributed by atoms with Crippen LogP contribution in [0.15, 0.2) is 18.3 Å². The van der Waals surface area contributed by atoms with Crippen molar-refractivity contribution in [3.8, 4) is 0 Å². The van der Waals surface area contributed by atoms with E-state index in [1.807, 2.05) is 0 Å². The standard InChI is InChI=1S/C12H18F3N3O/c1-18(9-12(13,14)15)11-10(4-3-5-17-11)8-16-6-7-19-2/h3-5,16H,6-9H2,1-2H3. The third-order valence-corrected chi connectivity index (χ3v) is 2.44. The molecule has 0 bridgehead atoms. The molecule has 7 heteroatoms. The number of halogens is 3. The van der Waals surface area contributed by atoms with Gasteiger partial charge < -0.3 is 15.0 Å². The fraction of sp³-hybridized carbons (Fsp3) is 0.583. The lowest BCUT2D eigenvalue weighted by molar-refractivity contribution is -0.119. The molecule has 0 fully saturated rings. The Morgan fingerprint density at radius 1 is 1.42 bits per heavy atom. The second-order valence-electron chi connectivity index (χ2n) is 4.13. The molecule has 0 radical (unpaired) electrons. The van der Waals surface area contributed by atoms with Crippen LogP contribution < -0.4 is 10.2 Å². The molecule has 0 spiro atoms. The van der Waals surface area contributed by atoms with Crippen molar-refractivity contribution in [2.75, 3.05) is 38.8 Å². The summed E-state index contributed by atoms with van der Waals surface area (Å²) < 4.78 is 42.0. The first-order valence-corrected chi connectivity index (χ1v) is 5.85. The van der Waals surface area contributed by atoms with Gasteiger partial charge in [-0.3, -0.25) is 0 Å². The van der Waals surface area contributed by atoms with Crippen molar-refractivity contribution >= 4 is 5.82 Å². The van der Waals surface area contributed by atoms with Crippen LogP contribution in [0.3, 0.4) is 0 Å². The van der Waals surface area contributed by atoms with Gasteiger partial charge in [0.05, 0.1) is 6.61 Å². The molecule has 19 heavy (non-hydrogen) atoms. The molecule has 0 saturated heterocycles. The van der Waals surface area contributed by atoms with Crippen molar-refractivity contribution in [1.82, 2.24) is 10.3 Å². The maximum absolute atomic E-state index is 12.4. The predicted molar refractivity (Wildman–Crippen MR) is 67.1 cm³/mol.